The van der Waals surface area contributed by atoms with Crippen LogP contribution in [0.15, 0.2) is 36.5 Å². The highest BCUT2D eigenvalue weighted by atomic mass is 16.2. The Morgan fingerprint density at radius 1 is 1.42 bits per heavy atom. The van der Waals surface area contributed by atoms with E-state index in [-0.39, 0.29) is 17.7 Å². The summed E-state index contributed by atoms with van der Waals surface area (Å²) in [6, 6.07) is 12.0. The molecule has 1 saturated carbocycles. The van der Waals surface area contributed by atoms with Gasteiger partial charge < -0.3 is 5.32 Å². The van der Waals surface area contributed by atoms with Crippen molar-refractivity contribution < 1.29 is 4.79 Å². The van der Waals surface area contributed by atoms with Crippen molar-refractivity contribution in [1.82, 2.24) is 10.2 Å². The van der Waals surface area contributed by atoms with E-state index in [0.717, 1.165) is 6.42 Å². The van der Waals surface area contributed by atoms with Crippen molar-refractivity contribution in [2.75, 3.05) is 5.32 Å². The van der Waals surface area contributed by atoms with Crippen molar-refractivity contribution in [2.24, 2.45) is 5.92 Å². The number of hydrogen-bond acceptors (Lipinski definition) is 3. The molecule has 0 radical (unpaired) electrons. The quantitative estimate of drug-likeness (QED) is 0.876. The SMILES string of the molecule is N#Cc1cn[nH]c1NC(=O)C1CC1c1ccccc1. The first kappa shape index (κ1) is 11.5. The number of benzene rings is 1. The number of carbonyl (C=O) groups excluding carboxylic acids is 1. The van der Waals surface area contributed by atoms with Crippen molar-refractivity contribution in [3.05, 3.63) is 47.7 Å². The van der Waals surface area contributed by atoms with Gasteiger partial charge in [-0.15, -0.1) is 0 Å². The van der Waals surface area contributed by atoms with Gasteiger partial charge in [-0.2, -0.15) is 10.4 Å². The van der Waals surface area contributed by atoms with Gasteiger partial charge in [0.1, 0.15) is 17.5 Å². The molecule has 0 aliphatic heterocycles. The Morgan fingerprint density at radius 2 is 2.21 bits per heavy atom. The Balaban J connectivity index is 1.66. The van der Waals surface area contributed by atoms with Crippen molar-refractivity contribution >= 4 is 11.7 Å². The molecular weight excluding hydrogens is 240 g/mol. The normalized spacial score (nSPS) is 20.6. The molecule has 1 heterocycles. The molecule has 0 saturated heterocycles. The van der Waals surface area contributed by atoms with Gasteiger partial charge in [-0.25, -0.2) is 0 Å². The van der Waals surface area contributed by atoms with Gasteiger partial charge in [0, 0.05) is 5.92 Å². The summed E-state index contributed by atoms with van der Waals surface area (Å²) in [7, 11) is 0. The topological polar surface area (TPSA) is 81.6 Å². The minimum absolute atomic E-state index is 0.0164. The maximum absolute atomic E-state index is 12.1. The standard InChI is InChI=1S/C14H12N4O/c15-7-10-8-16-18-13(10)17-14(19)12-6-11(12)9-4-2-1-3-5-9/h1-5,8,11-12H,6H2,(H2,16,17,18,19). The molecule has 94 valence electrons. The third-order valence-corrected chi connectivity index (χ3v) is 3.36. The number of rotatable bonds is 3. The van der Waals surface area contributed by atoms with Gasteiger partial charge in [-0.1, -0.05) is 30.3 Å². The molecule has 1 fully saturated rings. The van der Waals surface area contributed by atoms with E-state index >= 15 is 0 Å². The van der Waals surface area contributed by atoms with E-state index in [1.807, 2.05) is 36.4 Å². The van der Waals surface area contributed by atoms with Gasteiger partial charge in [0.15, 0.2) is 0 Å². The summed E-state index contributed by atoms with van der Waals surface area (Å²) >= 11 is 0. The highest BCUT2D eigenvalue weighted by Gasteiger charge is 2.44. The first-order chi connectivity index (χ1) is 9.29. The Bertz CT molecular complexity index is 641. The number of carbonyl (C=O) groups is 1. The fraction of sp³-hybridized carbons (Fsp3) is 0.214. The van der Waals surface area contributed by atoms with Gasteiger partial charge in [-0.05, 0) is 17.9 Å². The third-order valence-electron chi connectivity index (χ3n) is 3.36. The van der Waals surface area contributed by atoms with Crippen molar-refractivity contribution in [2.45, 2.75) is 12.3 Å². The van der Waals surface area contributed by atoms with Crippen molar-refractivity contribution in [1.29, 1.82) is 5.26 Å². The van der Waals surface area contributed by atoms with Gasteiger partial charge in [0.05, 0.1) is 6.20 Å². The molecule has 0 spiro atoms. The lowest BCUT2D eigenvalue weighted by molar-refractivity contribution is -0.117. The van der Waals surface area contributed by atoms with Crippen LogP contribution < -0.4 is 5.32 Å². The van der Waals surface area contributed by atoms with E-state index in [0.29, 0.717) is 11.4 Å². The van der Waals surface area contributed by atoms with E-state index in [2.05, 4.69) is 15.5 Å². The van der Waals surface area contributed by atoms with Crippen LogP contribution in [-0.4, -0.2) is 16.1 Å². The predicted octanol–water partition coefficient (Wildman–Crippen LogP) is 2.02. The Labute approximate surface area is 110 Å². The van der Waals surface area contributed by atoms with Gasteiger partial charge in [0.25, 0.3) is 0 Å². The number of H-pyrrole nitrogens is 1. The van der Waals surface area contributed by atoms with Crippen LogP contribution >= 0.6 is 0 Å². The van der Waals surface area contributed by atoms with Crippen LogP contribution in [0.3, 0.4) is 0 Å². The zero-order valence-corrected chi connectivity index (χ0v) is 10.1. The van der Waals surface area contributed by atoms with Crippen LogP contribution in [0, 0.1) is 17.2 Å². The second-order valence-corrected chi connectivity index (χ2v) is 4.62. The summed E-state index contributed by atoms with van der Waals surface area (Å²) < 4.78 is 0. The van der Waals surface area contributed by atoms with Gasteiger partial charge in [0.2, 0.25) is 5.91 Å². The molecule has 3 rings (SSSR count). The number of amides is 1. The summed E-state index contributed by atoms with van der Waals surface area (Å²) in [4.78, 5) is 12.1. The lowest BCUT2D eigenvalue weighted by Crippen LogP contribution is -2.15. The van der Waals surface area contributed by atoms with Crippen LogP contribution in [0.4, 0.5) is 5.82 Å². The van der Waals surface area contributed by atoms with Gasteiger partial charge >= 0.3 is 0 Å². The zero-order valence-electron chi connectivity index (χ0n) is 10.1. The lowest BCUT2D eigenvalue weighted by atomic mass is 10.1. The third kappa shape index (κ3) is 2.20. The summed E-state index contributed by atoms with van der Waals surface area (Å²) in [6.07, 6.45) is 2.25. The second-order valence-electron chi connectivity index (χ2n) is 4.62. The number of nitriles is 1. The first-order valence-corrected chi connectivity index (χ1v) is 6.09. The number of nitrogens with zero attached hydrogens (tertiary/aromatic N) is 2. The number of aromatic amines is 1. The van der Waals surface area contributed by atoms with E-state index in [1.165, 1.54) is 11.8 Å². The fourth-order valence-electron chi connectivity index (χ4n) is 2.24. The van der Waals surface area contributed by atoms with E-state index in [9.17, 15) is 4.79 Å². The highest BCUT2D eigenvalue weighted by Crippen LogP contribution is 2.47. The summed E-state index contributed by atoms with van der Waals surface area (Å²) in [5.41, 5.74) is 1.54. The maximum atomic E-state index is 12.1. The highest BCUT2D eigenvalue weighted by molar-refractivity contribution is 5.95. The molecule has 5 nitrogen and oxygen atoms in total. The number of nitrogens with one attached hydrogen (secondary N) is 2. The predicted molar refractivity (Wildman–Crippen MR) is 69.2 cm³/mol. The van der Waals surface area contributed by atoms with Crippen LogP contribution in [0.1, 0.15) is 23.5 Å². The summed E-state index contributed by atoms with van der Waals surface area (Å²) in [5.74, 6) is 0.590. The molecule has 2 atom stereocenters. The van der Waals surface area contributed by atoms with Crippen LogP contribution in [0.25, 0.3) is 0 Å². The number of hydrogen-bond donors (Lipinski definition) is 2. The first-order valence-electron chi connectivity index (χ1n) is 6.09. The van der Waals surface area contributed by atoms with E-state index < -0.39 is 0 Å². The molecular formula is C14H12N4O. The molecule has 1 aromatic carbocycles. The molecule has 1 aliphatic rings. The summed E-state index contributed by atoms with van der Waals surface area (Å²) in [5, 5.41) is 17.9. The molecule has 1 aromatic heterocycles. The second kappa shape index (κ2) is 4.58. The average molecular weight is 252 g/mol. The summed E-state index contributed by atoms with van der Waals surface area (Å²) in [6.45, 7) is 0. The molecule has 2 N–H and O–H groups in total. The van der Waals surface area contributed by atoms with Crippen LogP contribution in [-0.2, 0) is 4.79 Å². The molecule has 0 bridgehead atoms. The number of anilines is 1. The Kier molecular flexibility index (Phi) is 2.76. The Morgan fingerprint density at radius 3 is 2.95 bits per heavy atom. The molecule has 5 heteroatoms. The maximum Gasteiger partial charge on any atom is 0.229 e. The molecule has 1 aliphatic carbocycles. The van der Waals surface area contributed by atoms with Gasteiger partial charge in [-0.3, -0.25) is 9.89 Å². The largest absolute Gasteiger partial charge is 0.310 e. The smallest absolute Gasteiger partial charge is 0.229 e. The Hall–Kier alpha value is -2.61. The zero-order chi connectivity index (χ0) is 13.2. The minimum Gasteiger partial charge on any atom is -0.310 e. The minimum atomic E-state index is -0.0606. The van der Waals surface area contributed by atoms with Crippen LogP contribution in [0.5, 0.6) is 0 Å². The molecule has 2 aromatic rings. The average Bonchev–Trinajstić information content (AvgIpc) is 3.14. The van der Waals surface area contributed by atoms with Crippen molar-refractivity contribution in [3.8, 4) is 6.07 Å². The fourth-order valence-corrected chi connectivity index (χ4v) is 2.24. The van der Waals surface area contributed by atoms with E-state index in [1.54, 1.807) is 0 Å². The van der Waals surface area contributed by atoms with E-state index in [4.69, 9.17) is 5.26 Å². The monoisotopic (exact) mass is 252 g/mol. The molecule has 2 unspecified atom stereocenters. The molecule has 1 amide bonds. The van der Waals surface area contributed by atoms with Crippen LogP contribution in [0.2, 0.25) is 0 Å². The lowest BCUT2D eigenvalue weighted by Gasteiger charge is -2.02. The number of aromatic nitrogens is 2. The van der Waals surface area contributed by atoms with Crippen molar-refractivity contribution in [3.63, 3.8) is 0 Å². The molecule has 19 heavy (non-hydrogen) atoms.